The minimum Gasteiger partial charge on any atom is -0.332 e. The average Bonchev–Trinajstić information content (AvgIpc) is 2.92. The number of anilines is 1. The van der Waals surface area contributed by atoms with Crippen LogP contribution in [0.1, 0.15) is 56.9 Å². The van der Waals surface area contributed by atoms with Crippen LogP contribution in [0.25, 0.3) is 0 Å². The second-order valence-electron chi connectivity index (χ2n) is 9.57. The van der Waals surface area contributed by atoms with E-state index in [0.29, 0.717) is 35.7 Å². The molecule has 2 unspecified atom stereocenters. The third-order valence-electron chi connectivity index (χ3n) is 7.76. The summed E-state index contributed by atoms with van der Waals surface area (Å²) in [4.78, 5) is 28.6. The van der Waals surface area contributed by atoms with Gasteiger partial charge in [-0.15, -0.1) is 0 Å². The summed E-state index contributed by atoms with van der Waals surface area (Å²) in [5.41, 5.74) is 1.31. The zero-order valence-electron chi connectivity index (χ0n) is 17.3. The lowest BCUT2D eigenvalue weighted by atomic mass is 9.76. The molecule has 0 spiro atoms. The Labute approximate surface area is 168 Å². The molecule has 0 N–H and O–H groups in total. The largest absolute Gasteiger partial charge is 0.332 e. The molecule has 1 aromatic rings. The van der Waals surface area contributed by atoms with E-state index in [9.17, 15) is 4.79 Å². The normalized spacial score (nSPS) is 34.4. The second kappa shape index (κ2) is 7.38. The maximum Gasteiger partial charge on any atom is 0.225 e. The third kappa shape index (κ3) is 3.35. The summed E-state index contributed by atoms with van der Waals surface area (Å²) in [6.07, 6.45) is 11.2. The molecule has 5 rings (SSSR count). The van der Waals surface area contributed by atoms with Gasteiger partial charge in [0.05, 0.1) is 0 Å². The zero-order chi connectivity index (χ0) is 19.3. The van der Waals surface area contributed by atoms with Gasteiger partial charge in [0.25, 0.3) is 0 Å². The van der Waals surface area contributed by atoms with Crippen LogP contribution in [0.15, 0.2) is 12.4 Å². The summed E-state index contributed by atoms with van der Waals surface area (Å²) in [5, 5.41) is 0. The number of carbonyl (C=O) groups is 1. The summed E-state index contributed by atoms with van der Waals surface area (Å²) < 4.78 is 0. The van der Waals surface area contributed by atoms with Crippen molar-refractivity contribution in [3.8, 4) is 0 Å². The Bertz CT molecular complexity index is 694. The van der Waals surface area contributed by atoms with E-state index in [2.05, 4.69) is 34.1 Å². The summed E-state index contributed by atoms with van der Waals surface area (Å²) >= 11 is 0. The van der Waals surface area contributed by atoms with Crippen LogP contribution >= 0.6 is 0 Å². The molecule has 28 heavy (non-hydrogen) atoms. The molecular weight excluding hydrogens is 350 g/mol. The lowest BCUT2D eigenvalue weighted by molar-refractivity contribution is -0.125. The van der Waals surface area contributed by atoms with Crippen LogP contribution in [0.3, 0.4) is 0 Å². The van der Waals surface area contributed by atoms with Crippen molar-refractivity contribution >= 4 is 11.7 Å². The molecule has 6 heteroatoms. The number of hydrogen-bond donors (Lipinski definition) is 0. The first kappa shape index (κ1) is 18.5. The van der Waals surface area contributed by atoms with Crippen molar-refractivity contribution in [1.82, 2.24) is 19.8 Å². The Morgan fingerprint density at radius 2 is 1.57 bits per heavy atom. The molecule has 1 aromatic heterocycles. The van der Waals surface area contributed by atoms with Crippen molar-refractivity contribution in [2.45, 2.75) is 69.5 Å². The van der Waals surface area contributed by atoms with Crippen molar-refractivity contribution in [2.75, 3.05) is 38.1 Å². The number of likely N-dealkylation sites (N-methyl/N-ethyl adjacent to an activating group) is 1. The number of aromatic nitrogens is 2. The molecule has 3 saturated heterocycles. The number of fused-ring (bicyclic) bond motifs is 2. The topological polar surface area (TPSA) is 52.6 Å². The molecule has 0 amide bonds. The molecule has 4 aliphatic rings. The van der Waals surface area contributed by atoms with Gasteiger partial charge in [0.2, 0.25) is 5.95 Å². The van der Waals surface area contributed by atoms with E-state index in [-0.39, 0.29) is 0 Å². The number of carbonyl (C=O) groups excluding carboxylic acids is 1. The SMILES string of the molecule is CC(=O)C1CC(N2CCC(c3cnc(N4C5CCC4CN(C)C5)nc3)CC2)C1. The fraction of sp³-hybridized carbons (Fsp3) is 0.773. The monoisotopic (exact) mass is 383 g/mol. The molecule has 1 saturated carbocycles. The van der Waals surface area contributed by atoms with Crippen molar-refractivity contribution in [2.24, 2.45) is 5.92 Å². The highest BCUT2D eigenvalue weighted by atomic mass is 16.1. The molecule has 1 aliphatic carbocycles. The van der Waals surface area contributed by atoms with Gasteiger partial charge in [-0.25, -0.2) is 9.97 Å². The molecule has 4 heterocycles. The highest BCUT2D eigenvalue weighted by Gasteiger charge is 2.40. The molecule has 6 nitrogen and oxygen atoms in total. The summed E-state index contributed by atoms with van der Waals surface area (Å²) in [7, 11) is 2.23. The Morgan fingerprint density at radius 3 is 2.14 bits per heavy atom. The van der Waals surface area contributed by atoms with Gasteiger partial charge in [0.15, 0.2) is 0 Å². The van der Waals surface area contributed by atoms with Crippen LogP contribution in [-0.4, -0.2) is 76.9 Å². The average molecular weight is 384 g/mol. The number of hydrogen-bond acceptors (Lipinski definition) is 6. The van der Waals surface area contributed by atoms with Crippen LogP contribution in [0.2, 0.25) is 0 Å². The number of piperidine rings is 1. The van der Waals surface area contributed by atoms with Gasteiger partial charge in [-0.2, -0.15) is 0 Å². The molecule has 2 bridgehead atoms. The fourth-order valence-electron chi connectivity index (χ4n) is 5.93. The van der Waals surface area contributed by atoms with E-state index in [1.165, 1.54) is 31.2 Å². The number of ketones is 1. The number of likely N-dealkylation sites (tertiary alicyclic amines) is 2. The highest BCUT2D eigenvalue weighted by Crippen LogP contribution is 2.37. The first-order chi connectivity index (χ1) is 13.6. The van der Waals surface area contributed by atoms with Crippen molar-refractivity contribution in [1.29, 1.82) is 0 Å². The first-order valence-corrected chi connectivity index (χ1v) is 11.1. The van der Waals surface area contributed by atoms with Crippen LogP contribution in [0.4, 0.5) is 5.95 Å². The summed E-state index contributed by atoms with van der Waals surface area (Å²) in [6, 6.07) is 1.81. The zero-order valence-corrected chi connectivity index (χ0v) is 17.3. The molecule has 152 valence electrons. The van der Waals surface area contributed by atoms with Crippen LogP contribution < -0.4 is 4.90 Å². The van der Waals surface area contributed by atoms with E-state index >= 15 is 0 Å². The van der Waals surface area contributed by atoms with Crippen molar-refractivity contribution < 1.29 is 4.79 Å². The Hall–Kier alpha value is -1.53. The number of piperazine rings is 1. The fourth-order valence-corrected chi connectivity index (χ4v) is 5.93. The van der Waals surface area contributed by atoms with Gasteiger partial charge >= 0.3 is 0 Å². The Morgan fingerprint density at radius 1 is 0.964 bits per heavy atom. The predicted octanol–water partition coefficient (Wildman–Crippen LogP) is 2.31. The van der Waals surface area contributed by atoms with E-state index in [0.717, 1.165) is 45.0 Å². The van der Waals surface area contributed by atoms with Gasteiger partial charge in [0.1, 0.15) is 5.78 Å². The van der Waals surface area contributed by atoms with Crippen LogP contribution in [0.5, 0.6) is 0 Å². The molecule has 3 aliphatic heterocycles. The quantitative estimate of drug-likeness (QED) is 0.795. The van der Waals surface area contributed by atoms with Crippen LogP contribution in [-0.2, 0) is 4.79 Å². The summed E-state index contributed by atoms with van der Waals surface area (Å²) in [6.45, 7) is 6.29. The third-order valence-corrected chi connectivity index (χ3v) is 7.76. The van der Waals surface area contributed by atoms with Gasteiger partial charge < -0.3 is 14.7 Å². The van der Waals surface area contributed by atoms with Gasteiger partial charge in [-0.1, -0.05) is 0 Å². The molecule has 4 fully saturated rings. The molecule has 2 atom stereocenters. The summed E-state index contributed by atoms with van der Waals surface area (Å²) in [5.74, 6) is 2.22. The minimum atomic E-state index is 0.327. The van der Waals surface area contributed by atoms with E-state index in [4.69, 9.17) is 9.97 Å². The van der Waals surface area contributed by atoms with E-state index in [1.54, 1.807) is 6.92 Å². The van der Waals surface area contributed by atoms with E-state index in [1.807, 2.05) is 0 Å². The Balaban J connectivity index is 1.17. The van der Waals surface area contributed by atoms with Gasteiger partial charge in [-0.3, -0.25) is 4.79 Å². The lowest BCUT2D eigenvalue weighted by Gasteiger charge is -2.45. The van der Waals surface area contributed by atoms with Crippen molar-refractivity contribution in [3.05, 3.63) is 18.0 Å². The number of Topliss-reactive ketones (excluding diaryl/α,β-unsaturated/α-hetero) is 1. The minimum absolute atomic E-state index is 0.327. The smallest absolute Gasteiger partial charge is 0.225 e. The lowest BCUT2D eigenvalue weighted by Crippen LogP contribution is -2.53. The van der Waals surface area contributed by atoms with Crippen LogP contribution in [0, 0.1) is 5.92 Å². The number of rotatable bonds is 4. The second-order valence-corrected chi connectivity index (χ2v) is 9.57. The number of nitrogens with zero attached hydrogens (tertiary/aromatic N) is 5. The molecule has 0 aromatic carbocycles. The predicted molar refractivity (Wildman–Crippen MR) is 110 cm³/mol. The highest BCUT2D eigenvalue weighted by molar-refractivity contribution is 5.79. The van der Waals surface area contributed by atoms with Gasteiger partial charge in [-0.05, 0) is 77.1 Å². The molecule has 0 radical (unpaired) electrons. The first-order valence-electron chi connectivity index (χ1n) is 11.1. The Kier molecular flexibility index (Phi) is 4.87. The maximum atomic E-state index is 11.5. The standard InChI is InChI=1S/C22H33N5O/c1-15(28)17-9-21(10-17)26-7-5-16(6-8-26)18-11-23-22(24-12-18)27-19-3-4-20(27)14-25(2)13-19/h11-12,16-17,19-21H,3-10,13-14H2,1-2H3. The van der Waals surface area contributed by atoms with E-state index < -0.39 is 0 Å². The van der Waals surface area contributed by atoms with Crippen molar-refractivity contribution in [3.63, 3.8) is 0 Å². The molecular formula is C22H33N5O. The maximum absolute atomic E-state index is 11.5. The van der Waals surface area contributed by atoms with Gasteiger partial charge in [0, 0.05) is 49.5 Å².